The van der Waals surface area contributed by atoms with E-state index >= 15 is 0 Å². The van der Waals surface area contributed by atoms with Crippen molar-refractivity contribution in [1.29, 1.82) is 0 Å². The van der Waals surface area contributed by atoms with Gasteiger partial charge in [-0.2, -0.15) is 0 Å². The fraction of sp³-hybridized carbons (Fsp3) is 0.450. The van der Waals surface area contributed by atoms with Gasteiger partial charge in [-0.05, 0) is 12.0 Å². The molecule has 1 N–H and O–H groups in total. The Morgan fingerprint density at radius 2 is 1.62 bits per heavy atom. The lowest BCUT2D eigenvalue weighted by atomic mass is 9.66. The molecule has 1 aromatic carbocycles. The lowest BCUT2D eigenvalue weighted by Gasteiger charge is -2.38. The Labute approximate surface area is 172 Å². The van der Waals surface area contributed by atoms with Crippen LogP contribution >= 0.6 is 11.6 Å². The molecule has 0 radical (unpaired) electrons. The van der Waals surface area contributed by atoms with Gasteiger partial charge < -0.3 is 14.8 Å². The fourth-order valence-corrected chi connectivity index (χ4v) is 3.61. The second-order valence-corrected chi connectivity index (χ2v) is 6.91. The van der Waals surface area contributed by atoms with E-state index in [1.54, 1.807) is 30.3 Å². The van der Waals surface area contributed by atoms with Crippen LogP contribution in [0.3, 0.4) is 0 Å². The number of alkyl halides is 1. The number of hydrogen-bond donors (Lipinski definition) is 1. The van der Waals surface area contributed by atoms with Gasteiger partial charge in [0, 0.05) is 18.2 Å². The average Bonchev–Trinajstić information content (AvgIpc) is 2.73. The van der Waals surface area contributed by atoms with Crippen LogP contribution in [0.15, 0.2) is 30.3 Å². The lowest BCUT2D eigenvalue weighted by Crippen LogP contribution is -2.60. The van der Waals surface area contributed by atoms with Gasteiger partial charge >= 0.3 is 11.9 Å². The summed E-state index contributed by atoms with van der Waals surface area (Å²) >= 11 is 5.61. The zero-order chi connectivity index (χ0) is 21.6. The monoisotopic (exact) mass is 423 g/mol. The minimum atomic E-state index is -1.82. The quantitative estimate of drug-likeness (QED) is 0.395. The molecule has 1 amide bonds. The van der Waals surface area contributed by atoms with E-state index in [-0.39, 0.29) is 12.3 Å². The Bertz CT molecular complexity index is 795. The number of carbonyl (C=O) groups excluding carboxylic acids is 5. The number of Topliss-reactive ketones (excluding diaryl/α,β-unsaturated/α-hetero) is 2. The van der Waals surface area contributed by atoms with Crippen molar-refractivity contribution in [2.24, 2.45) is 11.8 Å². The summed E-state index contributed by atoms with van der Waals surface area (Å²) in [5.74, 6) is -8.24. The van der Waals surface area contributed by atoms with Crippen LogP contribution in [0.4, 0.5) is 0 Å². The number of benzene rings is 1. The molecule has 9 heteroatoms. The van der Waals surface area contributed by atoms with Gasteiger partial charge in [0.1, 0.15) is 5.92 Å². The molecule has 1 fully saturated rings. The summed E-state index contributed by atoms with van der Waals surface area (Å²) in [5, 5.41) is 2.58. The highest BCUT2D eigenvalue weighted by molar-refractivity contribution is 6.25. The number of carbonyl (C=O) groups is 5. The SMILES string of the molecule is COC(=O)[C@@H]1C(=O)[C@@H](C(=O)OC)[C@H](c2ccccc2)[C@H](NC(=O)CCCCl)C1=O. The number of halogens is 1. The maximum Gasteiger partial charge on any atom is 0.323 e. The normalized spacial score (nSPS) is 24.0. The van der Waals surface area contributed by atoms with Crippen LogP contribution in [0, 0.1) is 11.8 Å². The fourth-order valence-electron chi connectivity index (χ4n) is 3.48. The summed E-state index contributed by atoms with van der Waals surface area (Å²) in [7, 11) is 2.14. The minimum absolute atomic E-state index is 0.0501. The second-order valence-electron chi connectivity index (χ2n) is 6.54. The predicted octanol–water partition coefficient (Wildman–Crippen LogP) is 1.00. The first-order valence-corrected chi connectivity index (χ1v) is 9.54. The van der Waals surface area contributed by atoms with Crippen LogP contribution in [-0.2, 0) is 33.4 Å². The molecule has 1 aliphatic carbocycles. The van der Waals surface area contributed by atoms with Gasteiger partial charge in [-0.15, -0.1) is 11.6 Å². The second kappa shape index (κ2) is 10.2. The molecule has 0 saturated heterocycles. The van der Waals surface area contributed by atoms with E-state index in [2.05, 4.69) is 10.1 Å². The summed E-state index contributed by atoms with van der Waals surface area (Å²) in [6, 6.07) is 7.07. The van der Waals surface area contributed by atoms with Crippen molar-refractivity contribution in [2.45, 2.75) is 24.8 Å². The van der Waals surface area contributed by atoms with Crippen LogP contribution in [0.1, 0.15) is 24.3 Å². The number of amides is 1. The maximum atomic E-state index is 13.1. The molecule has 1 aromatic rings. The molecule has 29 heavy (non-hydrogen) atoms. The highest BCUT2D eigenvalue weighted by Crippen LogP contribution is 2.38. The molecule has 0 aliphatic heterocycles. The molecule has 1 aliphatic rings. The standard InChI is InChI=1S/C20H22ClNO7/c1-28-19(26)14-13(11-7-4-3-5-8-11)16(22-12(23)9-6-10-21)18(25)15(17(14)24)20(27)29-2/h3-5,7-8,13-16H,6,9-10H2,1-2H3,(H,22,23)/t13-,14-,15+,16-/m0/s1. The molecule has 1 saturated carbocycles. The van der Waals surface area contributed by atoms with Crippen molar-refractivity contribution in [3.63, 3.8) is 0 Å². The van der Waals surface area contributed by atoms with Gasteiger partial charge in [0.05, 0.1) is 20.3 Å². The summed E-state index contributed by atoms with van der Waals surface area (Å²) in [4.78, 5) is 63.0. The molecule has 0 unspecified atom stereocenters. The zero-order valence-corrected chi connectivity index (χ0v) is 16.8. The molecule has 8 nitrogen and oxygen atoms in total. The van der Waals surface area contributed by atoms with Crippen molar-refractivity contribution in [3.8, 4) is 0 Å². The molecule has 0 bridgehead atoms. The Hall–Kier alpha value is -2.74. The van der Waals surface area contributed by atoms with Crippen LogP contribution in [0.5, 0.6) is 0 Å². The number of nitrogens with one attached hydrogen (secondary N) is 1. The summed E-state index contributed by atoms with van der Waals surface area (Å²) in [6.45, 7) is 0. The number of methoxy groups -OCH3 is 2. The molecule has 2 rings (SSSR count). The van der Waals surface area contributed by atoms with Crippen molar-refractivity contribution in [3.05, 3.63) is 35.9 Å². The van der Waals surface area contributed by atoms with Gasteiger partial charge in [-0.3, -0.25) is 24.0 Å². The van der Waals surface area contributed by atoms with Crippen molar-refractivity contribution < 1.29 is 33.4 Å². The Balaban J connectivity index is 2.56. The van der Waals surface area contributed by atoms with E-state index in [9.17, 15) is 24.0 Å². The summed E-state index contributed by atoms with van der Waals surface area (Å²) in [5.41, 5.74) is 0.482. The third-order valence-electron chi connectivity index (χ3n) is 4.83. The van der Waals surface area contributed by atoms with Gasteiger partial charge in [0.15, 0.2) is 17.5 Å². The van der Waals surface area contributed by atoms with Crippen molar-refractivity contribution >= 4 is 41.0 Å². The number of ketones is 2. The molecule has 0 aromatic heterocycles. The van der Waals surface area contributed by atoms with Crippen molar-refractivity contribution in [1.82, 2.24) is 5.32 Å². The largest absolute Gasteiger partial charge is 0.468 e. The van der Waals surface area contributed by atoms with E-state index in [4.69, 9.17) is 16.3 Å². The van der Waals surface area contributed by atoms with Crippen LogP contribution in [0.2, 0.25) is 0 Å². The third-order valence-corrected chi connectivity index (χ3v) is 5.10. The molecular formula is C20H22ClNO7. The zero-order valence-electron chi connectivity index (χ0n) is 16.1. The maximum absolute atomic E-state index is 13.1. The highest BCUT2D eigenvalue weighted by atomic mass is 35.5. The molecule has 0 heterocycles. The lowest BCUT2D eigenvalue weighted by molar-refractivity contribution is -0.163. The van der Waals surface area contributed by atoms with E-state index in [1.807, 2.05) is 0 Å². The smallest absolute Gasteiger partial charge is 0.323 e. The average molecular weight is 424 g/mol. The number of esters is 2. The van der Waals surface area contributed by atoms with E-state index in [0.717, 1.165) is 14.2 Å². The Morgan fingerprint density at radius 3 is 2.17 bits per heavy atom. The number of rotatable bonds is 7. The highest BCUT2D eigenvalue weighted by Gasteiger charge is 2.56. The molecular weight excluding hydrogens is 402 g/mol. The first-order valence-electron chi connectivity index (χ1n) is 9.00. The van der Waals surface area contributed by atoms with Gasteiger partial charge in [-0.1, -0.05) is 30.3 Å². The topological polar surface area (TPSA) is 116 Å². The first-order chi connectivity index (χ1) is 13.9. The van der Waals surface area contributed by atoms with E-state index in [1.165, 1.54) is 0 Å². The Morgan fingerprint density at radius 1 is 1.00 bits per heavy atom. The third kappa shape index (κ3) is 4.82. The first kappa shape index (κ1) is 22.5. The summed E-state index contributed by atoms with van der Waals surface area (Å²) in [6.07, 6.45) is 0.429. The van der Waals surface area contributed by atoms with Crippen LogP contribution in [0.25, 0.3) is 0 Å². The van der Waals surface area contributed by atoms with E-state index < -0.39 is 53.2 Å². The Kier molecular flexibility index (Phi) is 7.90. The molecule has 0 spiro atoms. The number of ether oxygens (including phenoxy) is 2. The van der Waals surface area contributed by atoms with Crippen LogP contribution in [-0.4, -0.2) is 55.6 Å². The molecule has 4 atom stereocenters. The van der Waals surface area contributed by atoms with Crippen LogP contribution < -0.4 is 5.32 Å². The van der Waals surface area contributed by atoms with Gasteiger partial charge in [0.25, 0.3) is 0 Å². The van der Waals surface area contributed by atoms with Gasteiger partial charge in [-0.25, -0.2) is 0 Å². The summed E-state index contributed by atoms with van der Waals surface area (Å²) < 4.78 is 9.36. The van der Waals surface area contributed by atoms with Gasteiger partial charge in [0.2, 0.25) is 5.91 Å². The molecule has 156 valence electrons. The number of hydrogen-bond acceptors (Lipinski definition) is 7. The van der Waals surface area contributed by atoms with Crippen molar-refractivity contribution in [2.75, 3.05) is 20.1 Å². The van der Waals surface area contributed by atoms with E-state index in [0.29, 0.717) is 12.0 Å². The minimum Gasteiger partial charge on any atom is -0.468 e. The predicted molar refractivity (Wildman–Crippen MR) is 102 cm³/mol.